The van der Waals surface area contributed by atoms with Gasteiger partial charge in [-0.05, 0) is 63.2 Å². The number of hydrogen-bond donors (Lipinski definition) is 4. The second kappa shape index (κ2) is 13.0. The Bertz CT molecular complexity index is 962. The van der Waals surface area contributed by atoms with Crippen LogP contribution in [-0.4, -0.2) is 77.4 Å². The molecule has 36 heavy (non-hydrogen) atoms. The molecule has 2 fully saturated rings. The van der Waals surface area contributed by atoms with Gasteiger partial charge in [0, 0.05) is 43.8 Å². The quantitative estimate of drug-likeness (QED) is 0.270. The van der Waals surface area contributed by atoms with Gasteiger partial charge in [0.25, 0.3) is 11.6 Å². The summed E-state index contributed by atoms with van der Waals surface area (Å²) in [5.74, 6) is -2.26. The van der Waals surface area contributed by atoms with E-state index in [2.05, 4.69) is 16.0 Å². The number of carboxylic acid groups (broad SMARTS) is 1. The number of nitrogens with one attached hydrogen (secondary N) is 3. The van der Waals surface area contributed by atoms with Gasteiger partial charge < -0.3 is 26.0 Å². The van der Waals surface area contributed by atoms with Crippen molar-refractivity contribution >= 4 is 29.4 Å². The normalized spacial score (nSPS) is 19.2. The van der Waals surface area contributed by atoms with Gasteiger partial charge in [-0.3, -0.25) is 24.5 Å². The number of hydrogen-bond acceptors (Lipinski definition) is 7. The number of benzene rings is 1. The highest BCUT2D eigenvalue weighted by Crippen LogP contribution is 2.21. The van der Waals surface area contributed by atoms with Crippen molar-refractivity contribution in [3.8, 4) is 0 Å². The summed E-state index contributed by atoms with van der Waals surface area (Å²) in [4.78, 5) is 61.3. The number of carbonyl (C=O) groups is 4. The number of likely N-dealkylation sites (tertiary alicyclic amines) is 1. The largest absolute Gasteiger partial charge is 0.480 e. The fraction of sp³-hybridized carbons (Fsp3) is 0.583. The van der Waals surface area contributed by atoms with Crippen molar-refractivity contribution < 1.29 is 29.2 Å². The maximum Gasteiger partial charge on any atom is 0.328 e. The van der Waals surface area contributed by atoms with Crippen LogP contribution < -0.4 is 16.0 Å². The highest BCUT2D eigenvalue weighted by atomic mass is 16.6. The minimum absolute atomic E-state index is 0.0461. The van der Waals surface area contributed by atoms with Gasteiger partial charge in [-0.2, -0.15) is 0 Å². The Balaban J connectivity index is 1.47. The molecule has 2 atom stereocenters. The zero-order chi connectivity index (χ0) is 26.1. The molecule has 3 amide bonds. The number of piperidine rings is 2. The number of carboxylic acids is 1. The summed E-state index contributed by atoms with van der Waals surface area (Å²) in [5, 5.41) is 28.5. The average molecular weight is 504 g/mol. The van der Waals surface area contributed by atoms with Crippen molar-refractivity contribution in [2.45, 2.75) is 44.6 Å². The van der Waals surface area contributed by atoms with E-state index in [0.29, 0.717) is 38.3 Å². The van der Waals surface area contributed by atoms with Gasteiger partial charge in [-0.15, -0.1) is 0 Å². The molecule has 1 aromatic carbocycles. The summed E-state index contributed by atoms with van der Waals surface area (Å²) in [6.45, 7) is 2.54. The first-order valence-electron chi connectivity index (χ1n) is 12.3. The Labute approximate surface area is 208 Å². The summed E-state index contributed by atoms with van der Waals surface area (Å²) in [6, 6.07) is 3.36. The van der Waals surface area contributed by atoms with Crippen LogP contribution in [0, 0.1) is 22.0 Å². The van der Waals surface area contributed by atoms with Gasteiger partial charge >= 0.3 is 5.97 Å². The Hall–Kier alpha value is -3.54. The van der Waals surface area contributed by atoms with Gasteiger partial charge in [0.2, 0.25) is 11.8 Å². The molecule has 0 aliphatic carbocycles. The molecule has 12 nitrogen and oxygen atoms in total. The van der Waals surface area contributed by atoms with E-state index in [0.717, 1.165) is 44.5 Å². The zero-order valence-corrected chi connectivity index (χ0v) is 20.1. The maximum absolute atomic E-state index is 12.7. The lowest BCUT2D eigenvalue weighted by Gasteiger charge is -2.33. The highest BCUT2D eigenvalue weighted by molar-refractivity contribution is 5.97. The van der Waals surface area contributed by atoms with E-state index in [9.17, 15) is 34.4 Å². The van der Waals surface area contributed by atoms with Crippen LogP contribution in [0.25, 0.3) is 0 Å². The fourth-order valence-corrected chi connectivity index (χ4v) is 4.60. The third kappa shape index (κ3) is 7.74. The summed E-state index contributed by atoms with van der Waals surface area (Å²) < 4.78 is 0. The zero-order valence-electron chi connectivity index (χ0n) is 20.1. The van der Waals surface area contributed by atoms with Crippen molar-refractivity contribution in [1.82, 2.24) is 20.9 Å². The van der Waals surface area contributed by atoms with Gasteiger partial charge in [0.1, 0.15) is 6.04 Å². The first-order chi connectivity index (χ1) is 17.2. The number of carbonyl (C=O) groups excluding carboxylic acids is 3. The predicted octanol–water partition coefficient (Wildman–Crippen LogP) is 0.912. The Morgan fingerprint density at radius 2 is 1.83 bits per heavy atom. The lowest BCUT2D eigenvalue weighted by molar-refractivity contribution is -0.384. The van der Waals surface area contributed by atoms with Crippen LogP contribution in [0.4, 0.5) is 5.69 Å². The number of non-ortho nitro benzene ring substituents is 1. The molecule has 0 spiro atoms. The molecule has 2 heterocycles. The van der Waals surface area contributed by atoms with E-state index in [1.165, 1.54) is 12.1 Å². The summed E-state index contributed by atoms with van der Waals surface area (Å²) in [5.41, 5.74) is -0.135. The lowest BCUT2D eigenvalue weighted by atomic mass is 9.92. The van der Waals surface area contributed by atoms with Crippen molar-refractivity contribution in [2.24, 2.45) is 11.8 Å². The van der Waals surface area contributed by atoms with Crippen LogP contribution in [0.2, 0.25) is 0 Å². The number of nitro groups is 1. The molecule has 2 aliphatic rings. The molecular weight excluding hydrogens is 470 g/mol. The Morgan fingerprint density at radius 1 is 1.14 bits per heavy atom. The molecule has 1 aromatic rings. The van der Waals surface area contributed by atoms with Gasteiger partial charge in [0.15, 0.2) is 0 Å². The van der Waals surface area contributed by atoms with E-state index in [1.54, 1.807) is 4.90 Å². The second-order valence-corrected chi connectivity index (χ2v) is 9.32. The maximum atomic E-state index is 12.7. The third-order valence-electron chi connectivity index (χ3n) is 6.79. The molecule has 0 bridgehead atoms. The van der Waals surface area contributed by atoms with Crippen molar-refractivity contribution in [3.63, 3.8) is 0 Å². The fourth-order valence-electron chi connectivity index (χ4n) is 4.60. The van der Waals surface area contributed by atoms with Gasteiger partial charge in [-0.25, -0.2) is 4.79 Å². The molecule has 0 radical (unpaired) electrons. The molecule has 12 heteroatoms. The smallest absolute Gasteiger partial charge is 0.328 e. The minimum atomic E-state index is -1.39. The number of nitrogens with zero attached hydrogens (tertiary/aromatic N) is 2. The monoisotopic (exact) mass is 503 g/mol. The van der Waals surface area contributed by atoms with E-state index in [4.69, 9.17) is 0 Å². The Morgan fingerprint density at radius 3 is 2.47 bits per heavy atom. The lowest BCUT2D eigenvalue weighted by Crippen LogP contribution is -2.51. The van der Waals surface area contributed by atoms with E-state index < -0.39 is 28.8 Å². The molecule has 0 aromatic heterocycles. The summed E-state index contributed by atoms with van der Waals surface area (Å²) >= 11 is 0. The predicted molar refractivity (Wildman–Crippen MR) is 129 cm³/mol. The average Bonchev–Trinajstić information content (AvgIpc) is 2.89. The van der Waals surface area contributed by atoms with E-state index in [-0.39, 0.29) is 29.6 Å². The van der Waals surface area contributed by atoms with Crippen molar-refractivity contribution in [2.75, 3.05) is 32.7 Å². The molecular formula is C24H33N5O7. The van der Waals surface area contributed by atoms with E-state index >= 15 is 0 Å². The summed E-state index contributed by atoms with van der Waals surface area (Å²) in [7, 11) is 0. The number of rotatable bonds is 10. The molecule has 4 N–H and O–H groups in total. The highest BCUT2D eigenvalue weighted by Gasteiger charge is 2.30. The van der Waals surface area contributed by atoms with Crippen molar-refractivity contribution in [1.29, 1.82) is 0 Å². The van der Waals surface area contributed by atoms with Crippen LogP contribution in [0.5, 0.6) is 0 Å². The number of aliphatic carboxylic acids is 1. The SMILES string of the molecule is O=C(N[C@H](CNC(=O)[C@@H]1CCCN(C(=O)CCC2CCNCC2)C1)C(=O)O)c1ccc([N+](=O)[O-])cc1. The first-order valence-corrected chi connectivity index (χ1v) is 12.3. The second-order valence-electron chi connectivity index (χ2n) is 9.32. The van der Waals surface area contributed by atoms with Crippen LogP contribution >= 0.6 is 0 Å². The Kier molecular flexibility index (Phi) is 9.74. The molecule has 2 saturated heterocycles. The van der Waals surface area contributed by atoms with Gasteiger partial charge in [0.05, 0.1) is 10.8 Å². The minimum Gasteiger partial charge on any atom is -0.480 e. The third-order valence-corrected chi connectivity index (χ3v) is 6.79. The number of nitro benzene ring substituents is 1. The standard InChI is InChI=1S/C24H33N5O7/c30-21(8-3-16-9-11-25-12-10-16)28-13-1-2-18(15-28)22(31)26-14-20(24(33)34)27-23(32)17-4-6-19(7-5-17)29(35)36/h4-7,16,18,20,25H,1-3,8-15H2,(H,26,31)(H,27,32)(H,33,34)/t18-,20-/m1/s1. The molecule has 3 rings (SSSR count). The molecule has 0 saturated carbocycles. The number of amides is 3. The van der Waals surface area contributed by atoms with Crippen LogP contribution in [0.1, 0.15) is 48.9 Å². The van der Waals surface area contributed by atoms with Gasteiger partial charge in [-0.1, -0.05) is 0 Å². The molecule has 0 unspecified atom stereocenters. The van der Waals surface area contributed by atoms with Crippen LogP contribution in [0.3, 0.4) is 0 Å². The van der Waals surface area contributed by atoms with Crippen molar-refractivity contribution in [3.05, 3.63) is 39.9 Å². The molecule has 2 aliphatic heterocycles. The van der Waals surface area contributed by atoms with E-state index in [1.807, 2.05) is 0 Å². The first kappa shape index (κ1) is 27.1. The van der Waals surface area contributed by atoms with Crippen LogP contribution in [-0.2, 0) is 14.4 Å². The topological polar surface area (TPSA) is 171 Å². The summed E-state index contributed by atoms with van der Waals surface area (Å²) in [6.07, 6.45) is 4.75. The van der Waals surface area contributed by atoms with Crippen LogP contribution in [0.15, 0.2) is 24.3 Å². The molecule has 196 valence electrons.